The van der Waals surface area contributed by atoms with Crippen LogP contribution in [-0.4, -0.2) is 58.9 Å². The Balaban J connectivity index is 1.26. The Labute approximate surface area is 164 Å². The Morgan fingerprint density at radius 1 is 1.00 bits per heavy atom. The van der Waals surface area contributed by atoms with Crippen molar-refractivity contribution in [2.24, 2.45) is 5.92 Å². The summed E-state index contributed by atoms with van der Waals surface area (Å²) in [5.41, 5.74) is 0. The molecule has 0 atom stereocenters. The number of halogens is 1. The molecule has 0 unspecified atom stereocenters. The summed E-state index contributed by atoms with van der Waals surface area (Å²) in [4.78, 5) is 17.6. The van der Waals surface area contributed by atoms with Crippen molar-refractivity contribution in [1.82, 2.24) is 19.5 Å². The molecule has 0 radical (unpaired) electrons. The average Bonchev–Trinajstić information content (AvgIpc) is 3.44. The van der Waals surface area contributed by atoms with Crippen LogP contribution in [0.5, 0.6) is 0 Å². The summed E-state index contributed by atoms with van der Waals surface area (Å²) >= 11 is 0. The maximum absolute atomic E-state index is 14.3. The molecule has 28 heavy (non-hydrogen) atoms. The average molecular weight is 386 g/mol. The zero-order valence-electron chi connectivity index (χ0n) is 16.1. The molecule has 5 rings (SSSR count). The van der Waals surface area contributed by atoms with Gasteiger partial charge in [0.25, 0.3) is 0 Å². The first-order valence-electron chi connectivity index (χ1n) is 10.4. The molecule has 7 nitrogen and oxygen atoms in total. The zero-order valence-corrected chi connectivity index (χ0v) is 16.1. The molecular formula is C20H27FN6O. The predicted molar refractivity (Wildman–Crippen MR) is 104 cm³/mol. The molecular weight excluding hydrogens is 359 g/mol. The van der Waals surface area contributed by atoms with E-state index >= 15 is 0 Å². The largest absolute Gasteiger partial charge is 0.378 e. The van der Waals surface area contributed by atoms with Gasteiger partial charge in [0.2, 0.25) is 5.95 Å². The van der Waals surface area contributed by atoms with E-state index in [0.717, 1.165) is 38.4 Å². The number of nitrogens with zero attached hydrogens (tertiary/aromatic N) is 6. The van der Waals surface area contributed by atoms with Crippen molar-refractivity contribution < 1.29 is 9.13 Å². The fourth-order valence-corrected chi connectivity index (χ4v) is 4.25. The summed E-state index contributed by atoms with van der Waals surface area (Å²) < 4.78 is 22.0. The van der Waals surface area contributed by atoms with Gasteiger partial charge in [-0.15, -0.1) is 0 Å². The minimum Gasteiger partial charge on any atom is -0.378 e. The molecule has 0 spiro atoms. The molecule has 3 fully saturated rings. The van der Waals surface area contributed by atoms with Gasteiger partial charge in [-0.2, -0.15) is 4.98 Å². The van der Waals surface area contributed by atoms with Crippen LogP contribution in [0.4, 0.5) is 16.2 Å². The summed E-state index contributed by atoms with van der Waals surface area (Å²) in [6.45, 7) is 5.40. The second-order valence-electron chi connectivity index (χ2n) is 8.08. The fourth-order valence-electron chi connectivity index (χ4n) is 4.25. The van der Waals surface area contributed by atoms with Gasteiger partial charge in [-0.25, -0.2) is 14.4 Å². The van der Waals surface area contributed by atoms with Gasteiger partial charge >= 0.3 is 0 Å². The minimum atomic E-state index is -0.359. The van der Waals surface area contributed by atoms with E-state index in [0.29, 0.717) is 44.0 Å². The van der Waals surface area contributed by atoms with Crippen molar-refractivity contribution in [2.45, 2.75) is 38.1 Å². The van der Waals surface area contributed by atoms with Crippen molar-refractivity contribution in [3.8, 4) is 0 Å². The Bertz CT molecular complexity index is 809. The highest BCUT2D eigenvalue weighted by atomic mass is 19.1. The van der Waals surface area contributed by atoms with Crippen molar-refractivity contribution in [2.75, 3.05) is 49.2 Å². The monoisotopic (exact) mass is 386 g/mol. The van der Waals surface area contributed by atoms with Crippen LogP contribution in [0.2, 0.25) is 0 Å². The molecule has 2 aliphatic heterocycles. The second-order valence-corrected chi connectivity index (χ2v) is 8.08. The topological polar surface area (TPSA) is 59.3 Å². The summed E-state index contributed by atoms with van der Waals surface area (Å²) in [5.74, 6) is 3.21. The maximum atomic E-state index is 14.3. The highest BCUT2D eigenvalue weighted by molar-refractivity contribution is 5.45. The second kappa shape index (κ2) is 7.66. The number of piperidine rings is 1. The first-order chi connectivity index (χ1) is 13.8. The number of hydrogen-bond acceptors (Lipinski definition) is 6. The number of morpholine rings is 1. The SMILES string of the molecule is Fc1cnc(N2CCC(c3nccn3CC3CC3)CC2)nc1N1CCOCC1. The van der Waals surface area contributed by atoms with Gasteiger partial charge in [-0.05, 0) is 31.6 Å². The Morgan fingerprint density at radius 3 is 2.54 bits per heavy atom. The molecule has 1 saturated carbocycles. The third kappa shape index (κ3) is 3.70. The van der Waals surface area contributed by atoms with E-state index in [2.05, 4.69) is 30.6 Å². The third-order valence-electron chi connectivity index (χ3n) is 6.07. The lowest BCUT2D eigenvalue weighted by Crippen LogP contribution is -2.39. The van der Waals surface area contributed by atoms with Crippen molar-refractivity contribution in [3.05, 3.63) is 30.2 Å². The summed E-state index contributed by atoms with van der Waals surface area (Å²) in [7, 11) is 0. The maximum Gasteiger partial charge on any atom is 0.227 e. The van der Waals surface area contributed by atoms with Crippen LogP contribution in [0.3, 0.4) is 0 Å². The summed E-state index contributed by atoms with van der Waals surface area (Å²) in [5, 5.41) is 0. The molecule has 8 heteroatoms. The normalized spacial score (nSPS) is 21.3. The van der Waals surface area contributed by atoms with Crippen molar-refractivity contribution in [3.63, 3.8) is 0 Å². The van der Waals surface area contributed by atoms with E-state index in [9.17, 15) is 4.39 Å². The lowest BCUT2D eigenvalue weighted by Gasteiger charge is -2.33. The van der Waals surface area contributed by atoms with Gasteiger partial charge in [-0.1, -0.05) is 0 Å². The van der Waals surface area contributed by atoms with E-state index in [-0.39, 0.29) is 5.82 Å². The highest BCUT2D eigenvalue weighted by Crippen LogP contribution is 2.34. The molecule has 0 amide bonds. The standard InChI is InChI=1S/C20H27FN6O/c21-17-13-23-20(24-19(17)25-9-11-28-12-10-25)26-6-3-16(4-7-26)18-22-5-8-27(18)14-15-1-2-15/h5,8,13,15-16H,1-4,6-7,9-12,14H2. The first kappa shape index (κ1) is 17.8. The number of ether oxygens (including phenoxy) is 1. The van der Waals surface area contributed by atoms with Crippen molar-refractivity contribution in [1.29, 1.82) is 0 Å². The number of hydrogen-bond donors (Lipinski definition) is 0. The molecule has 0 N–H and O–H groups in total. The summed E-state index contributed by atoms with van der Waals surface area (Å²) in [6.07, 6.45) is 10.1. The van der Waals surface area contributed by atoms with Gasteiger partial charge in [0.1, 0.15) is 5.82 Å². The molecule has 0 bridgehead atoms. The van der Waals surface area contributed by atoms with Crippen LogP contribution < -0.4 is 9.80 Å². The minimum absolute atomic E-state index is 0.359. The van der Waals surface area contributed by atoms with Gasteiger partial charge in [0, 0.05) is 51.0 Å². The quantitative estimate of drug-likeness (QED) is 0.787. The number of rotatable bonds is 5. The van der Waals surface area contributed by atoms with Crippen LogP contribution in [0, 0.1) is 11.7 Å². The number of imidazole rings is 1. The lowest BCUT2D eigenvalue weighted by atomic mass is 9.96. The Hall–Kier alpha value is -2.22. The molecule has 2 aromatic rings. The Morgan fingerprint density at radius 2 is 1.79 bits per heavy atom. The smallest absolute Gasteiger partial charge is 0.227 e. The van der Waals surface area contributed by atoms with Gasteiger partial charge in [0.15, 0.2) is 11.6 Å². The van der Waals surface area contributed by atoms with E-state index in [1.807, 2.05) is 11.1 Å². The fraction of sp³-hybridized carbons (Fsp3) is 0.650. The van der Waals surface area contributed by atoms with E-state index in [1.54, 1.807) is 0 Å². The van der Waals surface area contributed by atoms with Crippen LogP contribution in [0.15, 0.2) is 18.6 Å². The molecule has 2 aromatic heterocycles. The number of anilines is 2. The molecule has 150 valence electrons. The molecule has 1 aliphatic carbocycles. The van der Waals surface area contributed by atoms with Crippen molar-refractivity contribution >= 4 is 11.8 Å². The number of aromatic nitrogens is 4. The van der Waals surface area contributed by atoms with Crippen LogP contribution in [0.1, 0.15) is 37.4 Å². The third-order valence-corrected chi connectivity index (χ3v) is 6.07. The van der Waals surface area contributed by atoms with Gasteiger partial charge < -0.3 is 19.1 Å². The first-order valence-corrected chi connectivity index (χ1v) is 10.4. The molecule has 3 aliphatic rings. The molecule has 2 saturated heterocycles. The Kier molecular flexibility index (Phi) is 4.88. The highest BCUT2D eigenvalue weighted by Gasteiger charge is 2.28. The van der Waals surface area contributed by atoms with E-state index in [4.69, 9.17) is 4.74 Å². The lowest BCUT2D eigenvalue weighted by molar-refractivity contribution is 0.122. The van der Waals surface area contributed by atoms with E-state index < -0.39 is 0 Å². The van der Waals surface area contributed by atoms with E-state index in [1.165, 1.54) is 24.9 Å². The molecule has 0 aromatic carbocycles. The zero-order chi connectivity index (χ0) is 18.9. The summed E-state index contributed by atoms with van der Waals surface area (Å²) in [6, 6.07) is 0. The predicted octanol–water partition coefficient (Wildman–Crippen LogP) is 2.44. The van der Waals surface area contributed by atoms with Gasteiger partial charge in [0.05, 0.1) is 19.4 Å². The van der Waals surface area contributed by atoms with Gasteiger partial charge in [-0.3, -0.25) is 0 Å². The van der Waals surface area contributed by atoms with Crippen LogP contribution in [0.25, 0.3) is 0 Å². The van der Waals surface area contributed by atoms with Crippen LogP contribution in [-0.2, 0) is 11.3 Å². The van der Waals surface area contributed by atoms with Crippen LogP contribution >= 0.6 is 0 Å². The molecule has 4 heterocycles.